The second-order valence-corrected chi connectivity index (χ2v) is 13.1. The van der Waals surface area contributed by atoms with Gasteiger partial charge < -0.3 is 23.8 Å². The van der Waals surface area contributed by atoms with Crippen LogP contribution < -0.4 is 4.90 Å². The molecule has 2 aliphatic carbocycles. The number of methoxy groups -OCH3 is 1. The van der Waals surface area contributed by atoms with Crippen LogP contribution in [0.25, 0.3) is 0 Å². The predicted molar refractivity (Wildman–Crippen MR) is 141 cm³/mol. The molecule has 4 aliphatic rings. The van der Waals surface area contributed by atoms with Gasteiger partial charge in [0.05, 0.1) is 30.9 Å². The summed E-state index contributed by atoms with van der Waals surface area (Å²) in [6.07, 6.45) is 8.81. The average molecular weight is 516 g/mol. The summed E-state index contributed by atoms with van der Waals surface area (Å²) in [7, 11) is 1.45. The fourth-order valence-electron chi connectivity index (χ4n) is 6.07. The Bertz CT molecular complexity index is 993. The topological polar surface area (TPSA) is 60.5 Å². The third kappa shape index (κ3) is 5.62. The van der Waals surface area contributed by atoms with E-state index in [1.807, 2.05) is 0 Å². The highest BCUT2D eigenvalue weighted by Crippen LogP contribution is 2.48. The molecule has 2 aliphatic heterocycles. The molecule has 3 heterocycles. The van der Waals surface area contributed by atoms with Gasteiger partial charge in [0.2, 0.25) is 0 Å². The predicted octanol–water partition coefficient (Wildman–Crippen LogP) is 5.98. The molecule has 1 aromatic rings. The molecule has 1 aromatic heterocycles. The van der Waals surface area contributed by atoms with Gasteiger partial charge in [0, 0.05) is 24.3 Å². The van der Waals surface area contributed by atoms with Crippen molar-refractivity contribution in [2.75, 3.05) is 25.2 Å². The first-order valence-corrected chi connectivity index (χ1v) is 14.5. The van der Waals surface area contributed by atoms with Gasteiger partial charge >= 0.3 is 5.97 Å². The van der Waals surface area contributed by atoms with Crippen molar-refractivity contribution in [2.45, 2.75) is 103 Å². The van der Waals surface area contributed by atoms with Crippen LogP contribution in [0, 0.1) is 29.1 Å². The molecule has 36 heavy (non-hydrogen) atoms. The van der Waals surface area contributed by atoms with E-state index in [0.29, 0.717) is 24.0 Å². The molecule has 0 aromatic carbocycles. The Morgan fingerprint density at radius 2 is 1.78 bits per heavy atom. The molecule has 2 saturated heterocycles. The standard InChI is InChI=1S/C29H41NO5S/c1-19-6-8-20(9-7-19)24-26(35-24)30(21-10-14-29(15-11-21)33-16-17-34-29)23-18-22(12-13-28(2,3)4)36-25(23)27(31)32-5/h18-21,24,26H,6-11,14-17H2,1-5H3. The minimum atomic E-state index is -0.422. The second kappa shape index (κ2) is 10.3. The molecule has 7 heteroatoms. The first kappa shape index (κ1) is 26.0. The normalized spacial score (nSPS) is 30.0. The Hall–Kier alpha value is -1.59. The molecule has 0 amide bonds. The number of hydrogen-bond acceptors (Lipinski definition) is 7. The molecule has 1 spiro atoms. The Kier molecular flexibility index (Phi) is 7.44. The molecule has 198 valence electrons. The first-order chi connectivity index (χ1) is 17.2. The van der Waals surface area contributed by atoms with Crippen molar-refractivity contribution in [1.29, 1.82) is 0 Å². The zero-order valence-electron chi connectivity index (χ0n) is 22.4. The van der Waals surface area contributed by atoms with Crippen LogP contribution in [-0.4, -0.2) is 50.5 Å². The largest absolute Gasteiger partial charge is 0.465 e. The maximum atomic E-state index is 12.9. The van der Waals surface area contributed by atoms with Crippen LogP contribution in [0.4, 0.5) is 5.69 Å². The number of carbonyl (C=O) groups is 1. The average Bonchev–Trinajstić information content (AvgIpc) is 3.29. The van der Waals surface area contributed by atoms with Crippen LogP contribution in [0.2, 0.25) is 0 Å². The van der Waals surface area contributed by atoms with Crippen molar-refractivity contribution in [3.8, 4) is 11.8 Å². The summed E-state index contributed by atoms with van der Waals surface area (Å²) in [5.41, 5.74) is 0.799. The second-order valence-electron chi connectivity index (χ2n) is 12.1. The van der Waals surface area contributed by atoms with E-state index in [4.69, 9.17) is 18.9 Å². The fourth-order valence-corrected chi connectivity index (χ4v) is 7.00. The van der Waals surface area contributed by atoms with Crippen LogP contribution in [-0.2, 0) is 18.9 Å². The van der Waals surface area contributed by atoms with Crippen molar-refractivity contribution in [3.63, 3.8) is 0 Å². The number of anilines is 1. The van der Waals surface area contributed by atoms with Gasteiger partial charge in [-0.1, -0.05) is 31.6 Å². The molecule has 0 radical (unpaired) electrons. The van der Waals surface area contributed by atoms with Gasteiger partial charge in [-0.15, -0.1) is 11.3 Å². The summed E-state index contributed by atoms with van der Waals surface area (Å²) >= 11 is 1.43. The Morgan fingerprint density at radius 1 is 1.11 bits per heavy atom. The Balaban J connectivity index is 1.45. The Labute approximate surface area is 220 Å². The van der Waals surface area contributed by atoms with Crippen molar-refractivity contribution in [1.82, 2.24) is 0 Å². The summed E-state index contributed by atoms with van der Waals surface area (Å²) in [6, 6.07) is 2.34. The van der Waals surface area contributed by atoms with E-state index >= 15 is 0 Å². The van der Waals surface area contributed by atoms with Crippen LogP contribution in [0.3, 0.4) is 0 Å². The van der Waals surface area contributed by atoms with E-state index in [1.165, 1.54) is 44.1 Å². The van der Waals surface area contributed by atoms with Gasteiger partial charge in [0.1, 0.15) is 11.0 Å². The van der Waals surface area contributed by atoms with Gasteiger partial charge in [0.15, 0.2) is 12.0 Å². The van der Waals surface area contributed by atoms with Gasteiger partial charge in [-0.3, -0.25) is 0 Å². The molecule has 2 atom stereocenters. The van der Waals surface area contributed by atoms with Crippen LogP contribution >= 0.6 is 11.3 Å². The van der Waals surface area contributed by atoms with Crippen molar-refractivity contribution in [2.24, 2.45) is 17.3 Å². The van der Waals surface area contributed by atoms with Gasteiger partial charge in [-0.2, -0.15) is 0 Å². The molecular weight excluding hydrogens is 474 g/mol. The summed E-state index contributed by atoms with van der Waals surface area (Å²) in [5, 5.41) is 0. The van der Waals surface area contributed by atoms with Crippen LogP contribution in [0.15, 0.2) is 6.07 Å². The van der Waals surface area contributed by atoms with E-state index in [2.05, 4.69) is 50.5 Å². The van der Waals surface area contributed by atoms with E-state index in [9.17, 15) is 4.79 Å². The lowest BCUT2D eigenvalue weighted by Crippen LogP contribution is -2.46. The third-order valence-corrected chi connectivity index (χ3v) is 9.17. The van der Waals surface area contributed by atoms with Crippen molar-refractivity contribution < 1.29 is 23.7 Å². The van der Waals surface area contributed by atoms with Gasteiger partial charge in [0.25, 0.3) is 0 Å². The molecule has 6 nitrogen and oxygen atoms in total. The van der Waals surface area contributed by atoms with Crippen molar-refractivity contribution >= 4 is 23.0 Å². The lowest BCUT2D eigenvalue weighted by molar-refractivity contribution is -0.178. The number of ether oxygens (including phenoxy) is 4. The third-order valence-electron chi connectivity index (χ3n) is 8.15. The van der Waals surface area contributed by atoms with Crippen LogP contribution in [0.5, 0.6) is 0 Å². The zero-order valence-corrected chi connectivity index (χ0v) is 23.2. The van der Waals surface area contributed by atoms with Gasteiger partial charge in [-0.05, 0) is 64.4 Å². The number of thiophene rings is 1. The lowest BCUT2D eigenvalue weighted by atomic mass is 9.81. The summed E-state index contributed by atoms with van der Waals surface area (Å²) < 4.78 is 23.7. The van der Waals surface area contributed by atoms with Crippen molar-refractivity contribution in [3.05, 3.63) is 15.8 Å². The summed E-state index contributed by atoms with van der Waals surface area (Å²) in [4.78, 5) is 16.8. The molecule has 0 N–H and O–H groups in total. The quantitative estimate of drug-likeness (QED) is 0.273. The SMILES string of the molecule is COC(=O)c1sc(C#CC(C)(C)C)cc1N(C1CCC2(CC1)OCCO2)C1OC1C1CCC(C)CC1. The highest BCUT2D eigenvalue weighted by Gasteiger charge is 2.53. The fraction of sp³-hybridized carbons (Fsp3) is 0.759. The van der Waals surface area contributed by atoms with E-state index in [-0.39, 0.29) is 29.8 Å². The number of rotatable bonds is 5. The molecular formula is C29H41NO5S. The maximum absolute atomic E-state index is 12.9. The molecule has 2 saturated carbocycles. The molecule has 4 fully saturated rings. The van der Waals surface area contributed by atoms with E-state index in [0.717, 1.165) is 42.2 Å². The number of epoxide rings is 1. The smallest absolute Gasteiger partial charge is 0.350 e. The minimum absolute atomic E-state index is 0.00528. The zero-order chi connectivity index (χ0) is 25.5. The highest BCUT2D eigenvalue weighted by atomic mass is 32.1. The van der Waals surface area contributed by atoms with Gasteiger partial charge in [-0.25, -0.2) is 4.79 Å². The lowest BCUT2D eigenvalue weighted by Gasteiger charge is -2.41. The minimum Gasteiger partial charge on any atom is -0.465 e. The van der Waals surface area contributed by atoms with Crippen LogP contribution in [0.1, 0.15) is 93.6 Å². The number of carbonyl (C=O) groups excluding carboxylic acids is 1. The number of esters is 1. The van der Waals surface area contributed by atoms with E-state index in [1.54, 1.807) is 0 Å². The molecule has 5 rings (SSSR count). The molecule has 0 bridgehead atoms. The molecule has 2 unspecified atom stereocenters. The number of nitrogens with zero attached hydrogens (tertiary/aromatic N) is 1. The maximum Gasteiger partial charge on any atom is 0.350 e. The first-order valence-electron chi connectivity index (χ1n) is 13.6. The summed E-state index contributed by atoms with van der Waals surface area (Å²) in [5.74, 6) is 7.31. The highest BCUT2D eigenvalue weighted by molar-refractivity contribution is 7.15. The van der Waals surface area contributed by atoms with E-state index < -0.39 is 5.79 Å². The summed E-state index contributed by atoms with van der Waals surface area (Å²) in [6.45, 7) is 10.00. The number of hydrogen-bond donors (Lipinski definition) is 0. The monoisotopic (exact) mass is 515 g/mol. The Morgan fingerprint density at radius 3 is 2.39 bits per heavy atom.